The van der Waals surface area contributed by atoms with Gasteiger partial charge in [-0.3, -0.25) is 0 Å². The third kappa shape index (κ3) is 4.87. The normalized spacial score (nSPS) is 12.4. The molecule has 5 nitrogen and oxygen atoms in total. The number of fused-ring (bicyclic) bond motifs is 14. The van der Waals surface area contributed by atoms with E-state index in [0.29, 0.717) is 0 Å². The van der Waals surface area contributed by atoms with Crippen LogP contribution in [0.25, 0.3) is 127 Å². The zero-order valence-corrected chi connectivity index (χ0v) is 34.9. The monoisotopic (exact) mass is 829 g/mol. The minimum atomic E-state index is 0.858. The average Bonchev–Trinajstić information content (AvgIpc) is 4.11. The van der Waals surface area contributed by atoms with Crippen LogP contribution < -0.4 is 4.74 Å². The molecule has 0 spiro atoms. The van der Waals surface area contributed by atoms with Crippen molar-refractivity contribution < 1.29 is 9.15 Å². The number of rotatable bonds is 4. The van der Waals surface area contributed by atoms with Crippen LogP contribution in [0.3, 0.4) is 0 Å². The first-order valence-corrected chi connectivity index (χ1v) is 22.2. The van der Waals surface area contributed by atoms with Crippen molar-refractivity contribution in [3.63, 3.8) is 0 Å². The van der Waals surface area contributed by atoms with Gasteiger partial charge in [-0.1, -0.05) is 115 Å². The van der Waals surface area contributed by atoms with Gasteiger partial charge in [0.25, 0.3) is 0 Å². The molecule has 5 heterocycles. The van der Waals surface area contributed by atoms with Crippen molar-refractivity contribution in [2.24, 2.45) is 0 Å². The predicted molar refractivity (Wildman–Crippen MR) is 268 cm³/mol. The molecule has 14 aromatic rings. The van der Waals surface area contributed by atoms with Crippen LogP contribution >= 0.6 is 0 Å². The molecule has 65 heavy (non-hydrogen) atoms. The van der Waals surface area contributed by atoms with Gasteiger partial charge in [-0.15, -0.1) is 0 Å². The van der Waals surface area contributed by atoms with E-state index in [1.165, 1.54) is 71.0 Å². The molecule has 0 atom stereocenters. The Morgan fingerprint density at radius 1 is 0.277 bits per heavy atom. The Morgan fingerprint density at radius 3 is 1.49 bits per heavy atom. The van der Waals surface area contributed by atoms with E-state index in [1.807, 2.05) is 12.1 Å². The zero-order valence-electron chi connectivity index (χ0n) is 34.9. The Bertz CT molecular complexity index is 4330. The lowest BCUT2D eigenvalue weighted by Crippen LogP contribution is -2.04. The Kier molecular flexibility index (Phi) is 6.89. The van der Waals surface area contributed by atoms with Crippen molar-refractivity contribution >= 4 is 87.4 Å². The Hall–Kier alpha value is -8.80. The van der Waals surface area contributed by atoms with Gasteiger partial charge in [0.2, 0.25) is 0 Å². The molecule has 0 N–H and O–H groups in total. The van der Waals surface area contributed by atoms with Gasteiger partial charge in [-0.25, -0.2) is 0 Å². The summed E-state index contributed by atoms with van der Waals surface area (Å²) in [7, 11) is 0. The molecule has 5 heteroatoms. The zero-order chi connectivity index (χ0) is 42.3. The molecule has 0 radical (unpaired) electrons. The number of benzene rings is 10. The molecule has 4 aromatic heterocycles. The van der Waals surface area contributed by atoms with Crippen molar-refractivity contribution in [1.82, 2.24) is 13.7 Å². The lowest BCUT2D eigenvalue weighted by Gasteiger charge is -2.21. The third-order valence-corrected chi connectivity index (χ3v) is 13.8. The summed E-state index contributed by atoms with van der Waals surface area (Å²) in [6, 6.07) is 76.6. The molecule has 1 aliphatic rings. The molecule has 0 unspecified atom stereocenters. The summed E-state index contributed by atoms with van der Waals surface area (Å²) in [6.45, 7) is 0. The maximum atomic E-state index is 6.61. The van der Waals surface area contributed by atoms with E-state index in [1.54, 1.807) is 0 Å². The molecule has 0 bridgehead atoms. The van der Waals surface area contributed by atoms with Gasteiger partial charge in [-0.2, -0.15) is 0 Å². The number of hydrogen-bond acceptors (Lipinski definition) is 2. The van der Waals surface area contributed by atoms with Crippen LogP contribution in [-0.2, 0) is 0 Å². The summed E-state index contributed by atoms with van der Waals surface area (Å²) in [6.07, 6.45) is 0. The number of ether oxygens (including phenoxy) is 1. The molecule has 0 aliphatic carbocycles. The fraction of sp³-hybridized carbons (Fsp3) is 0. The van der Waals surface area contributed by atoms with Gasteiger partial charge < -0.3 is 22.9 Å². The average molecular weight is 830 g/mol. The highest BCUT2D eigenvalue weighted by atomic mass is 16.5. The van der Waals surface area contributed by atoms with Crippen LogP contribution in [0.4, 0.5) is 0 Å². The highest BCUT2D eigenvalue weighted by molar-refractivity contribution is 6.14. The summed E-state index contributed by atoms with van der Waals surface area (Å²) in [5.74, 6) is 1.74. The van der Waals surface area contributed by atoms with Crippen LogP contribution in [0.15, 0.2) is 217 Å². The van der Waals surface area contributed by atoms with Crippen LogP contribution in [-0.4, -0.2) is 13.7 Å². The van der Waals surface area contributed by atoms with E-state index in [9.17, 15) is 0 Å². The summed E-state index contributed by atoms with van der Waals surface area (Å²) in [5, 5.41) is 9.61. The summed E-state index contributed by atoms with van der Waals surface area (Å²) in [5.41, 5.74) is 16.7. The molecule has 0 saturated carbocycles. The van der Waals surface area contributed by atoms with E-state index in [4.69, 9.17) is 9.15 Å². The Balaban J connectivity index is 0.808. The first-order chi connectivity index (χ1) is 32.2. The molecular formula is C60H35N3O2. The fourth-order valence-corrected chi connectivity index (χ4v) is 10.9. The topological polar surface area (TPSA) is 37.2 Å². The second-order valence-electron chi connectivity index (χ2n) is 17.3. The molecule has 10 aromatic carbocycles. The summed E-state index contributed by atoms with van der Waals surface area (Å²) in [4.78, 5) is 0. The van der Waals surface area contributed by atoms with Gasteiger partial charge >= 0.3 is 0 Å². The first kappa shape index (κ1) is 34.7. The lowest BCUT2D eigenvalue weighted by atomic mass is 10.0. The molecule has 15 rings (SSSR count). The predicted octanol–water partition coefficient (Wildman–Crippen LogP) is 16.3. The highest BCUT2D eigenvalue weighted by Crippen LogP contribution is 2.47. The van der Waals surface area contributed by atoms with Gasteiger partial charge in [-0.05, 0) is 119 Å². The summed E-state index contributed by atoms with van der Waals surface area (Å²) < 4.78 is 19.9. The minimum Gasteiger partial charge on any atom is -0.456 e. The Morgan fingerprint density at radius 2 is 0.785 bits per heavy atom. The van der Waals surface area contributed by atoms with Crippen molar-refractivity contribution in [3.05, 3.63) is 212 Å². The van der Waals surface area contributed by atoms with Gasteiger partial charge in [0, 0.05) is 54.5 Å². The van der Waals surface area contributed by atoms with E-state index < -0.39 is 0 Å². The molecule has 0 amide bonds. The van der Waals surface area contributed by atoms with Crippen LogP contribution in [0, 0.1) is 0 Å². The quantitative estimate of drug-likeness (QED) is 0.177. The molecule has 0 saturated heterocycles. The molecule has 1 aliphatic heterocycles. The van der Waals surface area contributed by atoms with Crippen molar-refractivity contribution in [3.8, 4) is 50.8 Å². The second-order valence-corrected chi connectivity index (χ2v) is 17.3. The van der Waals surface area contributed by atoms with Crippen molar-refractivity contribution in [2.75, 3.05) is 0 Å². The van der Waals surface area contributed by atoms with Crippen molar-refractivity contribution in [1.29, 1.82) is 0 Å². The van der Waals surface area contributed by atoms with E-state index >= 15 is 0 Å². The maximum absolute atomic E-state index is 6.61. The Labute approximate surface area is 371 Å². The largest absolute Gasteiger partial charge is 0.456 e. The number of para-hydroxylation sites is 5. The van der Waals surface area contributed by atoms with E-state index in [0.717, 1.165) is 67.1 Å². The molecular weight excluding hydrogens is 795 g/mol. The molecule has 302 valence electrons. The maximum Gasteiger partial charge on any atom is 0.152 e. The first-order valence-electron chi connectivity index (χ1n) is 22.2. The highest BCUT2D eigenvalue weighted by Gasteiger charge is 2.24. The smallest absolute Gasteiger partial charge is 0.152 e. The third-order valence-electron chi connectivity index (χ3n) is 13.8. The minimum absolute atomic E-state index is 0.858. The SMILES string of the molecule is c1ccc2c(c1)oc1ccc(-n3c4ccccc4c4cc(-c5ccc6c(c5)c5ccccc5n6-c5ccc(-c6ccc7c(c6)Oc6cccc8c9ccccc9n-7c68)cc5)ccc43)cc12. The van der Waals surface area contributed by atoms with Crippen LogP contribution in [0.2, 0.25) is 0 Å². The van der Waals surface area contributed by atoms with Gasteiger partial charge in [0.05, 0.1) is 38.8 Å². The van der Waals surface area contributed by atoms with Crippen LogP contribution in [0.1, 0.15) is 0 Å². The number of nitrogens with zero attached hydrogens (tertiary/aromatic N) is 3. The van der Waals surface area contributed by atoms with Crippen molar-refractivity contribution in [2.45, 2.75) is 0 Å². The fourth-order valence-electron chi connectivity index (χ4n) is 10.9. The van der Waals surface area contributed by atoms with E-state index in [-0.39, 0.29) is 0 Å². The lowest BCUT2D eigenvalue weighted by molar-refractivity contribution is 0.476. The van der Waals surface area contributed by atoms with Gasteiger partial charge in [0.15, 0.2) is 11.5 Å². The van der Waals surface area contributed by atoms with Gasteiger partial charge in [0.1, 0.15) is 11.2 Å². The number of furan rings is 1. The number of aromatic nitrogens is 3. The van der Waals surface area contributed by atoms with E-state index in [2.05, 4.69) is 214 Å². The number of hydrogen-bond donors (Lipinski definition) is 0. The second kappa shape index (κ2) is 12.9. The molecule has 0 fully saturated rings. The summed E-state index contributed by atoms with van der Waals surface area (Å²) >= 11 is 0. The van der Waals surface area contributed by atoms with Crippen LogP contribution in [0.5, 0.6) is 11.5 Å². The standard InChI is InChI=1S/C60H35N3O2/c1-7-17-52-42(10-1)46-14-9-19-58-60(46)63(52)55-30-24-39(34-59(55)65-58)36-20-25-40(26-21-36)61-50-15-5-2-11-43(50)47-32-37(22-28-53(47)61)38-23-29-54-48(33-38)44-12-3-6-16-51(44)62(54)41-27-31-57-49(35-41)45-13-4-8-18-56(45)64-57/h1-35H.